The van der Waals surface area contributed by atoms with Crippen molar-refractivity contribution in [1.29, 1.82) is 0 Å². The fourth-order valence-corrected chi connectivity index (χ4v) is 2.00. The number of nitro benzene ring substituents is 1. The first-order valence-electron chi connectivity index (χ1n) is 7.63. The molecule has 0 unspecified atom stereocenters. The van der Waals surface area contributed by atoms with E-state index in [1.807, 2.05) is 6.07 Å². The lowest BCUT2D eigenvalue weighted by molar-refractivity contribution is -0.384. The zero-order valence-corrected chi connectivity index (χ0v) is 13.9. The van der Waals surface area contributed by atoms with Crippen LogP contribution >= 0.6 is 0 Å². The molecule has 0 aliphatic carbocycles. The Kier molecular flexibility index (Phi) is 5.89. The molecule has 2 N–H and O–H groups in total. The second-order valence-corrected chi connectivity index (χ2v) is 5.58. The Morgan fingerprint density at radius 1 is 1.29 bits per heavy atom. The van der Waals surface area contributed by atoms with E-state index in [9.17, 15) is 10.1 Å². The van der Waals surface area contributed by atoms with Crippen molar-refractivity contribution in [2.24, 2.45) is 4.99 Å². The van der Waals surface area contributed by atoms with Gasteiger partial charge in [-0.15, -0.1) is 0 Å². The monoisotopic (exact) mass is 331 g/mol. The van der Waals surface area contributed by atoms with Crippen molar-refractivity contribution >= 4 is 11.6 Å². The minimum atomic E-state index is -0.416. The summed E-state index contributed by atoms with van der Waals surface area (Å²) in [5, 5.41) is 20.9. The summed E-state index contributed by atoms with van der Waals surface area (Å²) in [4.78, 5) is 14.3. The zero-order chi connectivity index (χ0) is 17.5. The van der Waals surface area contributed by atoms with Gasteiger partial charge in [0.05, 0.1) is 17.2 Å². The number of rotatable bonds is 6. The van der Waals surface area contributed by atoms with E-state index in [1.54, 1.807) is 19.2 Å². The molecule has 2 rings (SSSR count). The van der Waals surface area contributed by atoms with E-state index >= 15 is 0 Å². The van der Waals surface area contributed by atoms with Gasteiger partial charge in [0.2, 0.25) is 0 Å². The fourth-order valence-electron chi connectivity index (χ4n) is 2.00. The summed E-state index contributed by atoms with van der Waals surface area (Å²) in [6.45, 7) is 5.09. The molecule has 0 bridgehead atoms. The molecule has 0 saturated carbocycles. The quantitative estimate of drug-likeness (QED) is 0.365. The van der Waals surface area contributed by atoms with Crippen LogP contribution < -0.4 is 10.6 Å². The predicted octanol–water partition coefficient (Wildman–Crippen LogP) is 2.57. The third-order valence-corrected chi connectivity index (χ3v) is 3.43. The second kappa shape index (κ2) is 8.09. The largest absolute Gasteiger partial charge is 0.359 e. The average Bonchev–Trinajstić information content (AvgIpc) is 3.04. The summed E-state index contributed by atoms with van der Waals surface area (Å²) in [6.07, 6.45) is 0. The number of non-ortho nitro benzene ring substituents is 1. The number of aliphatic imine (C=N–C) groups is 1. The molecule has 0 fully saturated rings. The first-order valence-corrected chi connectivity index (χ1v) is 7.63. The number of nitro groups is 1. The summed E-state index contributed by atoms with van der Waals surface area (Å²) in [6, 6.07) is 8.30. The third-order valence-electron chi connectivity index (χ3n) is 3.43. The first-order chi connectivity index (χ1) is 11.5. The van der Waals surface area contributed by atoms with Crippen LogP contribution in [0, 0.1) is 10.1 Å². The molecule has 8 nitrogen and oxygen atoms in total. The summed E-state index contributed by atoms with van der Waals surface area (Å²) in [5.41, 5.74) is 1.92. The van der Waals surface area contributed by atoms with Crippen LogP contribution in [0.25, 0.3) is 0 Å². The van der Waals surface area contributed by atoms with Crippen molar-refractivity contribution in [3.8, 4) is 0 Å². The first kappa shape index (κ1) is 17.5. The van der Waals surface area contributed by atoms with Gasteiger partial charge in [0, 0.05) is 31.8 Å². The summed E-state index contributed by atoms with van der Waals surface area (Å²) >= 11 is 0. The molecule has 1 aromatic heterocycles. The minimum Gasteiger partial charge on any atom is -0.359 e. The van der Waals surface area contributed by atoms with Crippen LogP contribution in [0.15, 0.2) is 39.8 Å². The topological polar surface area (TPSA) is 106 Å². The maximum absolute atomic E-state index is 10.6. The Labute approximate surface area is 140 Å². The highest BCUT2D eigenvalue weighted by molar-refractivity contribution is 5.79. The van der Waals surface area contributed by atoms with Crippen molar-refractivity contribution < 1.29 is 9.45 Å². The van der Waals surface area contributed by atoms with Gasteiger partial charge >= 0.3 is 0 Å². The molecule has 0 atom stereocenters. The van der Waals surface area contributed by atoms with Gasteiger partial charge in [-0.2, -0.15) is 0 Å². The number of benzene rings is 1. The SMILES string of the molecule is CN=C(NCc1ccc([N+](=O)[O-])cc1)NCc1cc(C(C)C)no1. The van der Waals surface area contributed by atoms with Crippen LogP contribution in [-0.4, -0.2) is 23.1 Å². The van der Waals surface area contributed by atoms with Crippen molar-refractivity contribution in [2.45, 2.75) is 32.9 Å². The molecule has 8 heteroatoms. The Hall–Kier alpha value is -2.90. The highest BCUT2D eigenvalue weighted by atomic mass is 16.6. The van der Waals surface area contributed by atoms with Gasteiger partial charge in [-0.3, -0.25) is 15.1 Å². The molecule has 1 heterocycles. The lowest BCUT2D eigenvalue weighted by atomic mass is 10.1. The van der Waals surface area contributed by atoms with Crippen molar-refractivity contribution in [3.05, 3.63) is 57.5 Å². The number of aromatic nitrogens is 1. The number of hydrogen-bond donors (Lipinski definition) is 2. The highest BCUT2D eigenvalue weighted by Crippen LogP contribution is 2.14. The number of nitrogens with one attached hydrogen (secondary N) is 2. The summed E-state index contributed by atoms with van der Waals surface area (Å²) < 4.78 is 5.26. The van der Waals surface area contributed by atoms with Crippen LogP contribution in [0.4, 0.5) is 5.69 Å². The molecular formula is C16H21N5O3. The Bertz CT molecular complexity index is 707. The molecule has 0 spiro atoms. The Morgan fingerprint density at radius 2 is 1.96 bits per heavy atom. The zero-order valence-electron chi connectivity index (χ0n) is 13.9. The maximum Gasteiger partial charge on any atom is 0.269 e. The van der Waals surface area contributed by atoms with Crippen molar-refractivity contribution in [2.75, 3.05) is 7.05 Å². The molecule has 0 aliphatic heterocycles. The fraction of sp³-hybridized carbons (Fsp3) is 0.375. The number of nitrogens with zero attached hydrogens (tertiary/aromatic N) is 3. The van der Waals surface area contributed by atoms with Gasteiger partial charge < -0.3 is 15.2 Å². The van der Waals surface area contributed by atoms with Crippen molar-refractivity contribution in [1.82, 2.24) is 15.8 Å². The lowest BCUT2D eigenvalue weighted by Crippen LogP contribution is -2.36. The highest BCUT2D eigenvalue weighted by Gasteiger charge is 2.08. The van der Waals surface area contributed by atoms with Crippen LogP contribution in [0.5, 0.6) is 0 Å². The van der Waals surface area contributed by atoms with E-state index in [-0.39, 0.29) is 5.69 Å². The van der Waals surface area contributed by atoms with Gasteiger partial charge in [0.25, 0.3) is 5.69 Å². The van der Waals surface area contributed by atoms with E-state index in [4.69, 9.17) is 4.52 Å². The molecule has 0 amide bonds. The maximum atomic E-state index is 10.6. The van der Waals surface area contributed by atoms with Crippen LogP contribution in [0.1, 0.15) is 36.8 Å². The molecule has 0 radical (unpaired) electrons. The van der Waals surface area contributed by atoms with E-state index in [1.165, 1.54) is 12.1 Å². The standard InChI is InChI=1S/C16H21N5O3/c1-11(2)15-8-14(24-20-15)10-19-16(17-3)18-9-12-4-6-13(7-5-12)21(22)23/h4-8,11H,9-10H2,1-3H3,(H2,17,18,19). The average molecular weight is 331 g/mol. The normalized spacial score (nSPS) is 11.6. The molecule has 24 heavy (non-hydrogen) atoms. The van der Waals surface area contributed by atoms with E-state index in [0.717, 1.165) is 17.0 Å². The van der Waals surface area contributed by atoms with Gasteiger partial charge in [-0.25, -0.2) is 0 Å². The van der Waals surface area contributed by atoms with Crippen LogP contribution in [0.2, 0.25) is 0 Å². The summed E-state index contributed by atoms with van der Waals surface area (Å²) in [5.74, 6) is 1.66. The van der Waals surface area contributed by atoms with Gasteiger partial charge in [-0.1, -0.05) is 31.1 Å². The third kappa shape index (κ3) is 4.80. The van der Waals surface area contributed by atoms with Crippen LogP contribution in [-0.2, 0) is 13.1 Å². The van der Waals surface area contributed by atoms with Gasteiger partial charge in [0.1, 0.15) is 0 Å². The molecule has 1 aromatic carbocycles. The molecule has 0 saturated heterocycles. The number of guanidine groups is 1. The molecule has 2 aromatic rings. The van der Waals surface area contributed by atoms with E-state index < -0.39 is 4.92 Å². The number of hydrogen-bond acceptors (Lipinski definition) is 5. The molecule has 128 valence electrons. The van der Waals surface area contributed by atoms with E-state index in [0.29, 0.717) is 25.0 Å². The minimum absolute atomic E-state index is 0.0764. The smallest absolute Gasteiger partial charge is 0.269 e. The van der Waals surface area contributed by atoms with Gasteiger partial charge in [0.15, 0.2) is 11.7 Å². The lowest BCUT2D eigenvalue weighted by Gasteiger charge is -2.10. The Morgan fingerprint density at radius 3 is 2.50 bits per heavy atom. The van der Waals surface area contributed by atoms with Crippen LogP contribution in [0.3, 0.4) is 0 Å². The predicted molar refractivity (Wildman–Crippen MR) is 90.7 cm³/mol. The molecular weight excluding hydrogens is 310 g/mol. The second-order valence-electron chi connectivity index (χ2n) is 5.58. The molecule has 0 aliphatic rings. The van der Waals surface area contributed by atoms with Crippen molar-refractivity contribution in [3.63, 3.8) is 0 Å². The summed E-state index contributed by atoms with van der Waals surface area (Å²) in [7, 11) is 1.67. The van der Waals surface area contributed by atoms with Gasteiger partial charge in [-0.05, 0) is 11.5 Å². The van der Waals surface area contributed by atoms with E-state index in [2.05, 4.69) is 34.6 Å². The Balaban J connectivity index is 1.84.